The van der Waals surface area contributed by atoms with Crippen molar-refractivity contribution < 1.29 is 24.1 Å². The largest absolute Gasteiger partial charge is 0.497 e. The minimum Gasteiger partial charge on any atom is -0.497 e. The van der Waals surface area contributed by atoms with Gasteiger partial charge in [0.25, 0.3) is 0 Å². The van der Waals surface area contributed by atoms with Gasteiger partial charge in [-0.1, -0.05) is 19.1 Å². The summed E-state index contributed by atoms with van der Waals surface area (Å²) in [6.07, 6.45) is -0.0779. The van der Waals surface area contributed by atoms with Crippen LogP contribution in [0.2, 0.25) is 0 Å². The third-order valence-corrected chi connectivity index (χ3v) is 4.35. The van der Waals surface area contributed by atoms with Gasteiger partial charge in [-0.2, -0.15) is 0 Å². The highest BCUT2D eigenvalue weighted by molar-refractivity contribution is 5.84. The van der Waals surface area contributed by atoms with Crippen molar-refractivity contribution in [3.63, 3.8) is 0 Å². The number of benzene rings is 2. The highest BCUT2D eigenvalue weighted by Crippen LogP contribution is 2.37. The second-order valence-electron chi connectivity index (χ2n) is 7.52. The Kier molecular flexibility index (Phi) is 6.56. The summed E-state index contributed by atoms with van der Waals surface area (Å²) in [6, 6.07) is 12.4. The fourth-order valence-electron chi connectivity index (χ4n) is 2.87. The maximum absolute atomic E-state index is 11.9. The molecule has 0 aliphatic heterocycles. The summed E-state index contributed by atoms with van der Waals surface area (Å²) < 4.78 is 15.9. The smallest absolute Gasteiger partial charge is 0.412 e. The van der Waals surface area contributed by atoms with E-state index >= 15 is 0 Å². The average Bonchev–Trinajstić information content (AvgIpc) is 2.65. The molecule has 0 heterocycles. The Morgan fingerprint density at radius 1 is 0.964 bits per heavy atom. The summed E-state index contributed by atoms with van der Waals surface area (Å²) in [5, 5.41) is 14.1. The fourth-order valence-corrected chi connectivity index (χ4v) is 2.87. The first-order valence-electron chi connectivity index (χ1n) is 9.17. The molecule has 0 bridgehead atoms. The standard InChI is InChI=1S/C22H29NO5/c1-7-22(25,16-12-18(26-5)14-19(13-16)27-6)15-8-10-17(11-9-15)23-20(24)28-21(2,3)4/h8-14,25H,7H2,1-6H3,(H,23,24). The van der Waals surface area contributed by atoms with Crippen LogP contribution in [0.1, 0.15) is 45.2 Å². The minimum absolute atomic E-state index is 0.447. The SMILES string of the molecule is CCC(O)(c1ccc(NC(=O)OC(C)(C)C)cc1)c1cc(OC)cc(OC)c1. The normalized spacial score (nSPS) is 13.4. The molecule has 0 radical (unpaired) electrons. The first-order chi connectivity index (χ1) is 13.1. The van der Waals surface area contributed by atoms with Crippen LogP contribution < -0.4 is 14.8 Å². The highest BCUT2D eigenvalue weighted by atomic mass is 16.6. The van der Waals surface area contributed by atoms with E-state index in [2.05, 4.69) is 5.32 Å². The zero-order valence-corrected chi connectivity index (χ0v) is 17.3. The molecule has 2 N–H and O–H groups in total. The van der Waals surface area contributed by atoms with Gasteiger partial charge in [0.05, 0.1) is 14.2 Å². The topological polar surface area (TPSA) is 77.0 Å². The summed E-state index contributed by atoms with van der Waals surface area (Å²) in [6.45, 7) is 7.32. The van der Waals surface area contributed by atoms with Gasteiger partial charge in [0, 0.05) is 11.8 Å². The molecule has 1 atom stereocenters. The number of methoxy groups -OCH3 is 2. The number of hydrogen-bond acceptors (Lipinski definition) is 5. The molecule has 28 heavy (non-hydrogen) atoms. The molecule has 0 saturated carbocycles. The number of ether oxygens (including phenoxy) is 3. The van der Waals surface area contributed by atoms with E-state index in [4.69, 9.17) is 14.2 Å². The molecule has 6 nitrogen and oxygen atoms in total. The molecule has 0 aliphatic carbocycles. The van der Waals surface area contributed by atoms with E-state index in [1.54, 1.807) is 77.5 Å². The van der Waals surface area contributed by atoms with Crippen molar-refractivity contribution in [3.05, 3.63) is 53.6 Å². The Bertz CT molecular complexity index is 788. The van der Waals surface area contributed by atoms with Gasteiger partial charge in [0.1, 0.15) is 22.7 Å². The van der Waals surface area contributed by atoms with Crippen molar-refractivity contribution in [2.45, 2.75) is 45.3 Å². The molecule has 0 aromatic heterocycles. The molecule has 6 heteroatoms. The van der Waals surface area contributed by atoms with Crippen LogP contribution in [-0.4, -0.2) is 31.0 Å². The van der Waals surface area contributed by atoms with Crippen LogP contribution in [0, 0.1) is 0 Å². The first kappa shape index (κ1) is 21.6. The third kappa shape index (κ3) is 5.16. The molecule has 0 saturated heterocycles. The molecule has 1 amide bonds. The number of rotatable bonds is 6. The van der Waals surface area contributed by atoms with Crippen molar-refractivity contribution in [2.75, 3.05) is 19.5 Å². The van der Waals surface area contributed by atoms with Gasteiger partial charge >= 0.3 is 6.09 Å². The van der Waals surface area contributed by atoms with E-state index in [1.807, 2.05) is 6.92 Å². The number of anilines is 1. The van der Waals surface area contributed by atoms with E-state index in [0.29, 0.717) is 34.7 Å². The van der Waals surface area contributed by atoms with Crippen molar-refractivity contribution >= 4 is 11.8 Å². The van der Waals surface area contributed by atoms with Crippen molar-refractivity contribution in [1.82, 2.24) is 0 Å². The Labute approximate surface area is 166 Å². The molecule has 2 rings (SSSR count). The van der Waals surface area contributed by atoms with Gasteiger partial charge in [-0.05, 0) is 62.6 Å². The van der Waals surface area contributed by atoms with Crippen molar-refractivity contribution in [3.8, 4) is 11.5 Å². The van der Waals surface area contributed by atoms with Crippen LogP contribution >= 0.6 is 0 Å². The summed E-state index contributed by atoms with van der Waals surface area (Å²) >= 11 is 0. The Balaban J connectivity index is 2.30. The van der Waals surface area contributed by atoms with Crippen LogP contribution in [0.15, 0.2) is 42.5 Å². The third-order valence-electron chi connectivity index (χ3n) is 4.35. The van der Waals surface area contributed by atoms with E-state index in [0.717, 1.165) is 0 Å². The first-order valence-corrected chi connectivity index (χ1v) is 9.17. The Morgan fingerprint density at radius 2 is 1.50 bits per heavy atom. The number of carbonyl (C=O) groups excluding carboxylic acids is 1. The van der Waals surface area contributed by atoms with Crippen molar-refractivity contribution in [2.24, 2.45) is 0 Å². The second kappa shape index (κ2) is 8.52. The molecular weight excluding hydrogens is 358 g/mol. The van der Waals surface area contributed by atoms with Gasteiger partial charge in [0.2, 0.25) is 0 Å². The average molecular weight is 387 g/mol. The lowest BCUT2D eigenvalue weighted by Gasteiger charge is -2.29. The lowest BCUT2D eigenvalue weighted by atomic mass is 9.84. The number of nitrogens with one attached hydrogen (secondary N) is 1. The Hall–Kier alpha value is -2.73. The predicted molar refractivity (Wildman–Crippen MR) is 109 cm³/mol. The van der Waals surface area contributed by atoms with E-state index in [-0.39, 0.29) is 0 Å². The maximum atomic E-state index is 11.9. The predicted octanol–water partition coefficient (Wildman–Crippen LogP) is 4.70. The summed E-state index contributed by atoms with van der Waals surface area (Å²) in [5.41, 5.74) is 0.142. The van der Waals surface area contributed by atoms with Gasteiger partial charge in [0.15, 0.2) is 0 Å². The van der Waals surface area contributed by atoms with Gasteiger partial charge in [-0.3, -0.25) is 5.32 Å². The molecule has 2 aromatic carbocycles. The summed E-state index contributed by atoms with van der Waals surface area (Å²) in [7, 11) is 3.14. The van der Waals surface area contributed by atoms with E-state index < -0.39 is 17.3 Å². The lowest BCUT2D eigenvalue weighted by Crippen LogP contribution is -2.28. The fraction of sp³-hybridized carbons (Fsp3) is 0.409. The van der Waals surface area contributed by atoms with Gasteiger partial charge < -0.3 is 19.3 Å². The van der Waals surface area contributed by atoms with Crippen LogP contribution in [0.25, 0.3) is 0 Å². The molecule has 152 valence electrons. The molecule has 0 fully saturated rings. The van der Waals surface area contributed by atoms with E-state index in [1.165, 1.54) is 0 Å². The molecule has 2 aromatic rings. The molecule has 0 aliphatic rings. The Morgan fingerprint density at radius 3 is 1.93 bits per heavy atom. The van der Waals surface area contributed by atoms with Crippen LogP contribution in [0.5, 0.6) is 11.5 Å². The second-order valence-corrected chi connectivity index (χ2v) is 7.52. The van der Waals surface area contributed by atoms with E-state index in [9.17, 15) is 9.90 Å². The van der Waals surface area contributed by atoms with Crippen LogP contribution in [0.3, 0.4) is 0 Å². The maximum Gasteiger partial charge on any atom is 0.412 e. The van der Waals surface area contributed by atoms with Crippen molar-refractivity contribution in [1.29, 1.82) is 0 Å². The quantitative estimate of drug-likeness (QED) is 0.751. The van der Waals surface area contributed by atoms with Crippen LogP contribution in [-0.2, 0) is 10.3 Å². The number of amides is 1. The molecular formula is C22H29NO5. The van der Waals surface area contributed by atoms with Crippen LogP contribution in [0.4, 0.5) is 10.5 Å². The summed E-state index contributed by atoms with van der Waals surface area (Å²) in [4.78, 5) is 11.9. The number of aliphatic hydroxyl groups is 1. The highest BCUT2D eigenvalue weighted by Gasteiger charge is 2.31. The zero-order chi connectivity index (χ0) is 20.9. The number of carbonyl (C=O) groups is 1. The minimum atomic E-state index is -1.23. The molecule has 1 unspecified atom stereocenters. The molecule has 0 spiro atoms. The summed E-state index contributed by atoms with van der Waals surface area (Å²) in [5.74, 6) is 1.20. The number of hydrogen-bond donors (Lipinski definition) is 2. The van der Waals surface area contributed by atoms with Gasteiger partial charge in [-0.15, -0.1) is 0 Å². The van der Waals surface area contributed by atoms with Gasteiger partial charge in [-0.25, -0.2) is 4.79 Å². The monoisotopic (exact) mass is 387 g/mol. The lowest BCUT2D eigenvalue weighted by molar-refractivity contribution is 0.0636. The zero-order valence-electron chi connectivity index (χ0n) is 17.3.